The molecule has 0 aliphatic rings. The second-order valence-electron chi connectivity index (χ2n) is 10.3. The first-order chi connectivity index (χ1) is 13.3. The molecular formula is C21H41NO8. The lowest BCUT2D eigenvalue weighted by atomic mass is 10.1. The number of carbonyl (C=O) groups is 2. The number of carbonyl (C=O) groups excluding carboxylic acids is 2. The highest BCUT2D eigenvalue weighted by Gasteiger charge is 2.34. The van der Waals surface area contributed by atoms with Crippen molar-refractivity contribution in [3.05, 3.63) is 0 Å². The van der Waals surface area contributed by atoms with Crippen LogP contribution in [0.15, 0.2) is 0 Å². The zero-order valence-electron chi connectivity index (χ0n) is 19.9. The fourth-order valence-electron chi connectivity index (χ4n) is 2.61. The summed E-state index contributed by atoms with van der Waals surface area (Å²) in [5, 5.41) is 28.9. The molecule has 0 rings (SSSR count). The van der Waals surface area contributed by atoms with Crippen LogP contribution in [-0.2, 0) is 23.8 Å². The molecule has 3 N–H and O–H groups in total. The van der Waals surface area contributed by atoms with Gasteiger partial charge in [-0.1, -0.05) is 0 Å². The van der Waals surface area contributed by atoms with Crippen LogP contribution in [0.25, 0.3) is 0 Å². The minimum Gasteiger partial charge on any atom is -0.459 e. The molecule has 2 unspecified atom stereocenters. The molecule has 0 aromatic heterocycles. The first-order valence-corrected chi connectivity index (χ1v) is 10.2. The Balaban J connectivity index is 5.72. The van der Waals surface area contributed by atoms with Crippen molar-refractivity contribution in [3.8, 4) is 0 Å². The van der Waals surface area contributed by atoms with E-state index in [-0.39, 0.29) is 25.9 Å². The number of hydrogen-bond donors (Lipinski definition) is 3. The molecule has 0 aromatic rings. The number of hydrogen-bond acceptors (Lipinski definition) is 9. The van der Waals surface area contributed by atoms with Crippen molar-refractivity contribution in [2.75, 3.05) is 13.1 Å². The van der Waals surface area contributed by atoms with E-state index in [1.165, 1.54) is 4.90 Å². The van der Waals surface area contributed by atoms with E-state index >= 15 is 0 Å². The molecule has 0 amide bonds. The van der Waals surface area contributed by atoms with Crippen LogP contribution in [0.3, 0.4) is 0 Å². The highest BCUT2D eigenvalue weighted by molar-refractivity contribution is 5.78. The maximum absolute atomic E-state index is 12.8. The van der Waals surface area contributed by atoms with Crippen LogP contribution in [0.5, 0.6) is 0 Å². The highest BCUT2D eigenvalue weighted by atomic mass is 16.6. The van der Waals surface area contributed by atoms with Crippen molar-refractivity contribution in [1.82, 2.24) is 4.90 Å². The third kappa shape index (κ3) is 14.7. The van der Waals surface area contributed by atoms with E-state index in [0.717, 1.165) is 0 Å². The smallest absolute Gasteiger partial charge is 0.323 e. The number of rotatable bonds is 10. The summed E-state index contributed by atoms with van der Waals surface area (Å²) in [6, 6.07) is -1.02. The Morgan fingerprint density at radius 2 is 1.30 bits per heavy atom. The summed E-state index contributed by atoms with van der Waals surface area (Å²) < 4.78 is 16.3. The molecule has 0 heterocycles. The highest BCUT2D eigenvalue weighted by Crippen LogP contribution is 2.19. The Hall–Kier alpha value is -1.26. The average Bonchev–Trinajstić information content (AvgIpc) is 2.40. The summed E-state index contributed by atoms with van der Waals surface area (Å²) in [4.78, 5) is 26.7. The molecule has 178 valence electrons. The molecule has 0 fully saturated rings. The summed E-state index contributed by atoms with van der Waals surface area (Å²) in [6.07, 6.45) is -3.05. The van der Waals surface area contributed by atoms with Gasteiger partial charge in [-0.15, -0.1) is 0 Å². The molecule has 0 saturated carbocycles. The second-order valence-corrected chi connectivity index (χ2v) is 10.3. The minimum absolute atomic E-state index is 0.00237. The Morgan fingerprint density at radius 1 is 0.800 bits per heavy atom. The van der Waals surface area contributed by atoms with Gasteiger partial charge in [0.2, 0.25) is 0 Å². The van der Waals surface area contributed by atoms with Crippen LogP contribution in [-0.4, -0.2) is 80.7 Å². The van der Waals surface area contributed by atoms with Gasteiger partial charge in [0, 0.05) is 0 Å². The molecule has 0 aromatic carbocycles. The number of ether oxygens (including phenoxy) is 3. The van der Waals surface area contributed by atoms with E-state index < -0.39 is 47.4 Å². The molecule has 9 nitrogen and oxygen atoms in total. The first kappa shape index (κ1) is 28.7. The SMILES string of the molecule is CC(C)(C)OC(=O)CN(CC(O)OC(C)(C)C)C(CCC(O)O)C(=O)OC(C)(C)C. The molecule has 0 bridgehead atoms. The maximum Gasteiger partial charge on any atom is 0.323 e. The fraction of sp³-hybridized carbons (Fsp3) is 0.905. The van der Waals surface area contributed by atoms with E-state index in [9.17, 15) is 24.9 Å². The van der Waals surface area contributed by atoms with Crippen molar-refractivity contribution < 1.29 is 39.1 Å². The summed E-state index contributed by atoms with van der Waals surface area (Å²) in [6.45, 7) is 15.1. The monoisotopic (exact) mass is 435 g/mol. The number of esters is 2. The van der Waals surface area contributed by atoms with Gasteiger partial charge in [0.1, 0.15) is 17.2 Å². The van der Waals surface area contributed by atoms with Crippen LogP contribution >= 0.6 is 0 Å². The minimum atomic E-state index is -1.63. The average molecular weight is 436 g/mol. The quantitative estimate of drug-likeness (QED) is 0.346. The van der Waals surface area contributed by atoms with Gasteiger partial charge in [-0.3, -0.25) is 14.5 Å². The molecule has 0 aliphatic heterocycles. The van der Waals surface area contributed by atoms with Gasteiger partial charge in [-0.25, -0.2) is 0 Å². The van der Waals surface area contributed by atoms with Crippen LogP contribution < -0.4 is 0 Å². The van der Waals surface area contributed by atoms with E-state index in [0.29, 0.717) is 0 Å². The molecule has 0 saturated heterocycles. The van der Waals surface area contributed by atoms with Crippen molar-refractivity contribution in [1.29, 1.82) is 0 Å². The van der Waals surface area contributed by atoms with E-state index in [2.05, 4.69) is 0 Å². The summed E-state index contributed by atoms with van der Waals surface area (Å²) in [7, 11) is 0. The molecule has 9 heteroatoms. The van der Waals surface area contributed by atoms with E-state index in [4.69, 9.17) is 14.2 Å². The molecule has 0 spiro atoms. The zero-order chi connectivity index (χ0) is 23.9. The van der Waals surface area contributed by atoms with Crippen molar-refractivity contribution >= 4 is 11.9 Å². The van der Waals surface area contributed by atoms with Crippen molar-refractivity contribution in [2.45, 2.75) is 111 Å². The third-order valence-electron chi connectivity index (χ3n) is 3.45. The van der Waals surface area contributed by atoms with Gasteiger partial charge in [-0.2, -0.15) is 0 Å². The predicted molar refractivity (Wildman–Crippen MR) is 111 cm³/mol. The Kier molecular flexibility index (Phi) is 10.9. The zero-order valence-corrected chi connectivity index (χ0v) is 19.9. The van der Waals surface area contributed by atoms with Gasteiger partial charge in [0.05, 0.1) is 18.7 Å². The fourth-order valence-corrected chi connectivity index (χ4v) is 2.61. The summed E-state index contributed by atoms with van der Waals surface area (Å²) in [5.74, 6) is -1.24. The number of aliphatic hydroxyl groups is 3. The summed E-state index contributed by atoms with van der Waals surface area (Å²) in [5.41, 5.74) is -2.17. The lowest BCUT2D eigenvalue weighted by Crippen LogP contribution is -2.51. The van der Waals surface area contributed by atoms with Crippen molar-refractivity contribution in [2.24, 2.45) is 0 Å². The molecule has 0 aliphatic carbocycles. The molecule has 30 heavy (non-hydrogen) atoms. The Labute approximate surface area is 180 Å². The molecule has 2 atom stereocenters. The third-order valence-corrected chi connectivity index (χ3v) is 3.45. The van der Waals surface area contributed by atoms with Gasteiger partial charge >= 0.3 is 11.9 Å². The van der Waals surface area contributed by atoms with Crippen molar-refractivity contribution in [3.63, 3.8) is 0 Å². The standard InChI is InChI=1S/C21H41NO8/c1-19(2,3)28-16(25)12-22(13-17(26)29-20(4,5)6)14(10-11-15(23)24)18(27)30-21(7,8)9/h14-16,23-25H,10-13H2,1-9H3. The van der Waals surface area contributed by atoms with E-state index in [1.807, 2.05) is 0 Å². The maximum atomic E-state index is 12.8. The predicted octanol–water partition coefficient (Wildman–Crippen LogP) is 1.56. The van der Waals surface area contributed by atoms with Gasteiger partial charge in [0.15, 0.2) is 12.6 Å². The Morgan fingerprint density at radius 3 is 1.70 bits per heavy atom. The van der Waals surface area contributed by atoms with Crippen LogP contribution in [0.1, 0.15) is 75.2 Å². The summed E-state index contributed by atoms with van der Waals surface area (Å²) >= 11 is 0. The Bertz CT molecular complexity index is 543. The van der Waals surface area contributed by atoms with Gasteiger partial charge in [0.25, 0.3) is 0 Å². The van der Waals surface area contributed by atoms with E-state index in [1.54, 1.807) is 62.3 Å². The molecule has 0 radical (unpaired) electrons. The lowest BCUT2D eigenvalue weighted by Gasteiger charge is -2.35. The number of nitrogens with zero attached hydrogens (tertiary/aromatic N) is 1. The van der Waals surface area contributed by atoms with Gasteiger partial charge < -0.3 is 29.5 Å². The van der Waals surface area contributed by atoms with Crippen LogP contribution in [0.4, 0.5) is 0 Å². The molecular weight excluding hydrogens is 394 g/mol. The lowest BCUT2D eigenvalue weighted by molar-refractivity contribution is -0.186. The largest absolute Gasteiger partial charge is 0.459 e. The second kappa shape index (κ2) is 11.4. The normalized spacial score (nSPS) is 15.3. The topological polar surface area (TPSA) is 126 Å². The van der Waals surface area contributed by atoms with Gasteiger partial charge in [-0.05, 0) is 75.2 Å². The van der Waals surface area contributed by atoms with Crippen LogP contribution in [0, 0.1) is 0 Å². The number of aliphatic hydroxyl groups excluding tert-OH is 2. The first-order valence-electron chi connectivity index (χ1n) is 10.2. The van der Waals surface area contributed by atoms with Crippen LogP contribution in [0.2, 0.25) is 0 Å².